The summed E-state index contributed by atoms with van der Waals surface area (Å²) in [5, 5.41) is 11.9. The average Bonchev–Trinajstić information content (AvgIpc) is 2.29. The van der Waals surface area contributed by atoms with E-state index in [1.165, 1.54) is 0 Å². The Bertz CT molecular complexity index is 557. The number of nitrogen functional groups attached to an aromatic ring is 1. The van der Waals surface area contributed by atoms with Crippen LogP contribution in [-0.4, -0.2) is 10.2 Å². The van der Waals surface area contributed by atoms with E-state index in [9.17, 15) is 0 Å². The minimum Gasteiger partial charge on any atom is -0.382 e. The molecule has 88 valence electrons. The zero-order chi connectivity index (χ0) is 12.4. The van der Waals surface area contributed by atoms with Gasteiger partial charge in [0.25, 0.3) is 0 Å². The van der Waals surface area contributed by atoms with Gasteiger partial charge in [0.2, 0.25) is 0 Å². The Kier molecular flexibility index (Phi) is 3.36. The molecule has 0 radical (unpaired) electrons. The zero-order valence-electron chi connectivity index (χ0n) is 9.04. The number of nitrogens with two attached hydrogens (primary N) is 1. The molecule has 0 aliphatic rings. The Morgan fingerprint density at radius 1 is 1.18 bits per heavy atom. The minimum absolute atomic E-state index is 0.410. The third kappa shape index (κ3) is 2.78. The third-order valence-electron chi connectivity index (χ3n) is 2.21. The van der Waals surface area contributed by atoms with E-state index in [1.54, 1.807) is 24.3 Å². The quantitative estimate of drug-likeness (QED) is 0.876. The lowest BCUT2D eigenvalue weighted by Gasteiger charge is -2.08. The summed E-state index contributed by atoms with van der Waals surface area (Å²) in [4.78, 5) is 0. The summed E-state index contributed by atoms with van der Waals surface area (Å²) in [5.41, 5.74) is 7.11. The fraction of sp³-hybridized carbons (Fsp3) is 0.0909. The molecule has 1 aromatic heterocycles. The standard InChI is InChI=1S/C11H10Cl2N4/c1-6-4-10(16-17-11(6)14)15-9-5-7(12)2-3-8(9)13/h2-5H,1H3,(H2,14,17)(H,15,16). The van der Waals surface area contributed by atoms with E-state index in [-0.39, 0.29) is 0 Å². The molecule has 1 heterocycles. The van der Waals surface area contributed by atoms with Crippen molar-refractivity contribution < 1.29 is 0 Å². The highest BCUT2D eigenvalue weighted by atomic mass is 35.5. The number of hydrogen-bond donors (Lipinski definition) is 2. The smallest absolute Gasteiger partial charge is 0.153 e. The Hall–Kier alpha value is -1.52. The molecule has 0 aliphatic heterocycles. The summed E-state index contributed by atoms with van der Waals surface area (Å²) in [6.07, 6.45) is 0. The highest BCUT2D eigenvalue weighted by Gasteiger charge is 2.04. The van der Waals surface area contributed by atoms with Crippen molar-refractivity contribution in [2.75, 3.05) is 11.1 Å². The van der Waals surface area contributed by atoms with Crippen molar-refractivity contribution in [3.05, 3.63) is 39.9 Å². The van der Waals surface area contributed by atoms with Crippen molar-refractivity contribution >= 4 is 40.5 Å². The fourth-order valence-corrected chi connectivity index (χ4v) is 1.62. The monoisotopic (exact) mass is 268 g/mol. The zero-order valence-corrected chi connectivity index (χ0v) is 10.5. The van der Waals surface area contributed by atoms with Crippen molar-refractivity contribution in [1.29, 1.82) is 0 Å². The van der Waals surface area contributed by atoms with Gasteiger partial charge >= 0.3 is 0 Å². The van der Waals surface area contributed by atoms with E-state index in [0.717, 1.165) is 5.56 Å². The van der Waals surface area contributed by atoms with Crippen molar-refractivity contribution in [3.63, 3.8) is 0 Å². The topological polar surface area (TPSA) is 63.8 Å². The molecule has 0 saturated heterocycles. The molecule has 4 nitrogen and oxygen atoms in total. The van der Waals surface area contributed by atoms with Crippen LogP contribution in [0, 0.1) is 6.92 Å². The van der Waals surface area contributed by atoms with E-state index in [2.05, 4.69) is 15.5 Å². The van der Waals surface area contributed by atoms with Gasteiger partial charge in [0.05, 0.1) is 10.7 Å². The van der Waals surface area contributed by atoms with Gasteiger partial charge in [-0.25, -0.2) is 0 Å². The summed E-state index contributed by atoms with van der Waals surface area (Å²) in [7, 11) is 0. The van der Waals surface area contributed by atoms with Crippen molar-refractivity contribution in [2.45, 2.75) is 6.92 Å². The fourth-order valence-electron chi connectivity index (χ4n) is 1.29. The van der Waals surface area contributed by atoms with Crippen LogP contribution in [0.2, 0.25) is 10.0 Å². The number of halogens is 2. The first kappa shape index (κ1) is 12.0. The molecule has 0 aliphatic carbocycles. The molecule has 0 fully saturated rings. The second kappa shape index (κ2) is 4.77. The molecule has 3 N–H and O–H groups in total. The Balaban J connectivity index is 2.31. The molecule has 0 atom stereocenters. The van der Waals surface area contributed by atoms with Crippen LogP contribution in [0.25, 0.3) is 0 Å². The predicted molar refractivity (Wildman–Crippen MR) is 70.9 cm³/mol. The number of aromatic nitrogens is 2. The van der Waals surface area contributed by atoms with E-state index < -0.39 is 0 Å². The van der Waals surface area contributed by atoms with Crippen molar-refractivity contribution in [2.24, 2.45) is 0 Å². The van der Waals surface area contributed by atoms with Gasteiger partial charge in [0.1, 0.15) is 5.82 Å². The largest absolute Gasteiger partial charge is 0.382 e. The molecule has 2 rings (SSSR count). The lowest BCUT2D eigenvalue weighted by molar-refractivity contribution is 1.03. The highest BCUT2D eigenvalue weighted by Crippen LogP contribution is 2.28. The van der Waals surface area contributed by atoms with E-state index in [4.69, 9.17) is 28.9 Å². The van der Waals surface area contributed by atoms with Gasteiger partial charge in [-0.3, -0.25) is 0 Å². The Morgan fingerprint density at radius 2 is 1.94 bits per heavy atom. The van der Waals surface area contributed by atoms with Gasteiger partial charge in [-0.2, -0.15) is 0 Å². The first-order valence-electron chi connectivity index (χ1n) is 4.88. The first-order chi connectivity index (χ1) is 8.06. The minimum atomic E-state index is 0.410. The second-order valence-corrected chi connectivity index (χ2v) is 4.39. The van der Waals surface area contributed by atoms with E-state index in [1.807, 2.05) is 6.92 Å². The van der Waals surface area contributed by atoms with Crippen LogP contribution in [-0.2, 0) is 0 Å². The third-order valence-corrected chi connectivity index (χ3v) is 2.78. The number of anilines is 3. The maximum Gasteiger partial charge on any atom is 0.153 e. The van der Waals surface area contributed by atoms with Gasteiger partial charge in [0, 0.05) is 5.02 Å². The molecular weight excluding hydrogens is 259 g/mol. The number of hydrogen-bond acceptors (Lipinski definition) is 4. The lowest BCUT2D eigenvalue weighted by Crippen LogP contribution is -2.01. The Labute approximate surface area is 109 Å². The molecular formula is C11H10Cl2N4. The summed E-state index contributed by atoms with van der Waals surface area (Å²) in [6, 6.07) is 6.94. The summed E-state index contributed by atoms with van der Waals surface area (Å²) in [6.45, 7) is 1.86. The van der Waals surface area contributed by atoms with Gasteiger partial charge in [-0.15, -0.1) is 10.2 Å². The molecule has 0 unspecified atom stereocenters. The van der Waals surface area contributed by atoms with Crippen LogP contribution in [0.3, 0.4) is 0 Å². The van der Waals surface area contributed by atoms with Crippen LogP contribution in [0.5, 0.6) is 0 Å². The number of nitrogens with one attached hydrogen (secondary N) is 1. The summed E-state index contributed by atoms with van der Waals surface area (Å²) >= 11 is 11.9. The van der Waals surface area contributed by atoms with Crippen LogP contribution in [0.15, 0.2) is 24.3 Å². The highest BCUT2D eigenvalue weighted by molar-refractivity contribution is 6.35. The maximum absolute atomic E-state index is 6.02. The molecule has 0 spiro atoms. The van der Waals surface area contributed by atoms with E-state index >= 15 is 0 Å². The number of rotatable bonds is 2. The van der Waals surface area contributed by atoms with Gasteiger partial charge in [0.15, 0.2) is 5.82 Å². The van der Waals surface area contributed by atoms with E-state index in [0.29, 0.717) is 27.4 Å². The van der Waals surface area contributed by atoms with Crippen molar-refractivity contribution in [1.82, 2.24) is 10.2 Å². The molecule has 6 heteroatoms. The summed E-state index contributed by atoms with van der Waals surface area (Å²) in [5.74, 6) is 0.980. The molecule has 1 aromatic carbocycles. The summed E-state index contributed by atoms with van der Waals surface area (Å²) < 4.78 is 0. The van der Waals surface area contributed by atoms with Gasteiger partial charge < -0.3 is 11.1 Å². The van der Waals surface area contributed by atoms with Crippen LogP contribution >= 0.6 is 23.2 Å². The molecule has 0 amide bonds. The molecule has 17 heavy (non-hydrogen) atoms. The number of benzene rings is 1. The average molecular weight is 269 g/mol. The first-order valence-corrected chi connectivity index (χ1v) is 5.64. The number of aryl methyl sites for hydroxylation is 1. The molecule has 2 aromatic rings. The Morgan fingerprint density at radius 3 is 2.65 bits per heavy atom. The predicted octanol–water partition coefficient (Wildman–Crippen LogP) is 3.42. The maximum atomic E-state index is 6.02. The van der Waals surface area contributed by atoms with Crippen molar-refractivity contribution in [3.8, 4) is 0 Å². The van der Waals surface area contributed by atoms with Crippen LogP contribution in [0.1, 0.15) is 5.56 Å². The number of nitrogens with zero attached hydrogens (tertiary/aromatic N) is 2. The van der Waals surface area contributed by atoms with Crippen LogP contribution in [0.4, 0.5) is 17.3 Å². The normalized spacial score (nSPS) is 10.3. The second-order valence-electron chi connectivity index (χ2n) is 3.55. The lowest BCUT2D eigenvalue weighted by atomic mass is 10.3. The van der Waals surface area contributed by atoms with Crippen LogP contribution < -0.4 is 11.1 Å². The molecule has 0 bridgehead atoms. The van der Waals surface area contributed by atoms with Gasteiger partial charge in [-0.1, -0.05) is 23.2 Å². The molecule has 0 saturated carbocycles. The SMILES string of the molecule is Cc1cc(Nc2cc(Cl)ccc2Cl)nnc1N. The van der Waals surface area contributed by atoms with Gasteiger partial charge in [-0.05, 0) is 36.8 Å².